The Bertz CT molecular complexity index is 961. The zero-order valence-corrected chi connectivity index (χ0v) is 16.0. The van der Waals surface area contributed by atoms with Crippen LogP contribution in [0.3, 0.4) is 0 Å². The number of nitrogens with zero attached hydrogens (tertiary/aromatic N) is 2. The van der Waals surface area contributed by atoms with Gasteiger partial charge in [0.1, 0.15) is 35.8 Å². The number of amides is 2. The highest BCUT2D eigenvalue weighted by Crippen LogP contribution is 2.35. The molecule has 2 N–H and O–H groups in total. The van der Waals surface area contributed by atoms with Gasteiger partial charge in [-0.05, 0) is 24.3 Å². The lowest BCUT2D eigenvalue weighted by atomic mass is 9.92. The van der Waals surface area contributed by atoms with Crippen molar-refractivity contribution in [3.8, 4) is 5.75 Å². The molecule has 2 amide bonds. The molecule has 1 fully saturated rings. The van der Waals surface area contributed by atoms with Crippen LogP contribution in [0, 0.1) is 17.5 Å². The number of hydrogen-bond donors (Lipinski definition) is 2. The number of oxime groups is 1. The molecular formula is C20H19F3N4O3. The molecule has 0 unspecified atom stereocenters. The Balaban J connectivity index is 1.61. The van der Waals surface area contributed by atoms with Gasteiger partial charge >= 0.3 is 6.03 Å². The number of carbonyl (C=O) groups is 1. The summed E-state index contributed by atoms with van der Waals surface area (Å²) in [6.45, 7) is 1.06. The molecule has 0 aromatic heterocycles. The quantitative estimate of drug-likeness (QED) is 0.798. The van der Waals surface area contributed by atoms with Crippen LogP contribution in [0.2, 0.25) is 0 Å². The minimum absolute atomic E-state index is 0.0590. The topological polar surface area (TPSA) is 75.2 Å². The Hall–Kier alpha value is -3.43. The molecular weight excluding hydrogens is 401 g/mol. The van der Waals surface area contributed by atoms with Crippen LogP contribution in [0.4, 0.5) is 23.7 Å². The summed E-state index contributed by atoms with van der Waals surface area (Å²) in [5, 5.41) is 9.28. The molecule has 0 radical (unpaired) electrons. The number of rotatable bonds is 4. The SMILES string of the molecule is COc1cc(F)c([C@@H]2CN3CCON=C3[C@H]2NC(=O)Nc2ccc(F)cc2)c(F)c1. The summed E-state index contributed by atoms with van der Waals surface area (Å²) in [5.41, 5.74) is 0.198. The normalized spacial score (nSPS) is 20.1. The molecule has 1 saturated heterocycles. The van der Waals surface area contributed by atoms with E-state index in [-0.39, 0.29) is 17.9 Å². The van der Waals surface area contributed by atoms with Gasteiger partial charge in [-0.15, -0.1) is 0 Å². The standard InChI is InChI=1S/C20H19F3N4O3/c1-29-13-8-15(22)17(16(23)9-13)14-10-27-6-7-30-26-19(27)18(14)25-20(28)24-12-4-2-11(21)3-5-12/h2-5,8-9,14,18H,6-7,10H2,1H3,(H2,24,25,28)/t14-,18-/m0/s1. The number of halogens is 3. The summed E-state index contributed by atoms with van der Waals surface area (Å²) in [6.07, 6.45) is 0. The number of urea groups is 1. The summed E-state index contributed by atoms with van der Waals surface area (Å²) in [6, 6.07) is 5.96. The van der Waals surface area contributed by atoms with Crippen molar-refractivity contribution in [1.29, 1.82) is 0 Å². The molecule has 0 saturated carbocycles. The summed E-state index contributed by atoms with van der Waals surface area (Å²) in [7, 11) is 1.32. The van der Waals surface area contributed by atoms with Gasteiger partial charge < -0.3 is 25.1 Å². The van der Waals surface area contributed by atoms with Crippen molar-refractivity contribution in [3.05, 3.63) is 59.4 Å². The molecule has 7 nitrogen and oxygen atoms in total. The summed E-state index contributed by atoms with van der Waals surface area (Å²) in [4.78, 5) is 19.5. The largest absolute Gasteiger partial charge is 0.497 e. The van der Waals surface area contributed by atoms with Gasteiger partial charge in [0, 0.05) is 35.8 Å². The van der Waals surface area contributed by atoms with E-state index >= 15 is 0 Å². The van der Waals surface area contributed by atoms with E-state index in [1.54, 1.807) is 0 Å². The number of anilines is 1. The molecule has 2 aliphatic rings. The summed E-state index contributed by atoms with van der Waals surface area (Å²) < 4.78 is 47.5. The monoisotopic (exact) mass is 420 g/mol. The van der Waals surface area contributed by atoms with E-state index in [1.807, 2.05) is 4.90 Å². The van der Waals surface area contributed by atoms with Gasteiger partial charge in [0.05, 0.1) is 13.7 Å². The van der Waals surface area contributed by atoms with Crippen LogP contribution < -0.4 is 15.4 Å². The van der Waals surface area contributed by atoms with Crippen LogP contribution >= 0.6 is 0 Å². The van der Waals surface area contributed by atoms with Gasteiger partial charge in [0.25, 0.3) is 0 Å². The van der Waals surface area contributed by atoms with E-state index in [1.165, 1.54) is 31.4 Å². The van der Waals surface area contributed by atoms with Crippen molar-refractivity contribution in [3.63, 3.8) is 0 Å². The van der Waals surface area contributed by atoms with E-state index in [4.69, 9.17) is 9.57 Å². The predicted octanol–water partition coefficient (Wildman–Crippen LogP) is 3.05. The van der Waals surface area contributed by atoms with Crippen LogP contribution in [-0.2, 0) is 4.84 Å². The lowest BCUT2D eigenvalue weighted by molar-refractivity contribution is 0.106. The maximum atomic E-state index is 14.7. The van der Waals surface area contributed by atoms with Gasteiger partial charge in [-0.3, -0.25) is 0 Å². The van der Waals surface area contributed by atoms with Gasteiger partial charge in [-0.2, -0.15) is 0 Å². The maximum absolute atomic E-state index is 14.7. The molecule has 2 atom stereocenters. The Morgan fingerprint density at radius 2 is 1.90 bits per heavy atom. The molecule has 0 aliphatic carbocycles. The number of hydrogen-bond acceptors (Lipinski definition) is 5. The third-order valence-corrected chi connectivity index (χ3v) is 5.08. The highest BCUT2D eigenvalue weighted by molar-refractivity contribution is 5.97. The molecule has 0 bridgehead atoms. The van der Waals surface area contributed by atoms with Crippen LogP contribution in [0.1, 0.15) is 11.5 Å². The van der Waals surface area contributed by atoms with E-state index < -0.39 is 35.4 Å². The average molecular weight is 420 g/mol. The predicted molar refractivity (Wildman–Crippen MR) is 103 cm³/mol. The van der Waals surface area contributed by atoms with Crippen LogP contribution in [0.15, 0.2) is 41.6 Å². The van der Waals surface area contributed by atoms with Crippen molar-refractivity contribution < 1.29 is 27.5 Å². The Morgan fingerprint density at radius 3 is 2.57 bits per heavy atom. The Kier molecular flexibility index (Phi) is 5.39. The minimum atomic E-state index is -0.830. The van der Waals surface area contributed by atoms with Gasteiger partial charge in [0.2, 0.25) is 0 Å². The second-order valence-electron chi connectivity index (χ2n) is 6.92. The minimum Gasteiger partial charge on any atom is -0.497 e. The van der Waals surface area contributed by atoms with Gasteiger partial charge in [-0.25, -0.2) is 18.0 Å². The lowest BCUT2D eigenvalue weighted by Gasteiger charge is -2.24. The summed E-state index contributed by atoms with van der Waals surface area (Å²) >= 11 is 0. The van der Waals surface area contributed by atoms with Crippen molar-refractivity contribution in [1.82, 2.24) is 10.2 Å². The lowest BCUT2D eigenvalue weighted by Crippen LogP contribution is -2.47. The fraction of sp³-hybridized carbons (Fsp3) is 0.300. The second-order valence-corrected chi connectivity index (χ2v) is 6.92. The first kappa shape index (κ1) is 19.9. The number of nitrogens with one attached hydrogen (secondary N) is 2. The molecule has 2 aromatic carbocycles. The van der Waals surface area contributed by atoms with E-state index in [9.17, 15) is 18.0 Å². The zero-order valence-electron chi connectivity index (χ0n) is 16.0. The van der Waals surface area contributed by atoms with Crippen molar-refractivity contribution in [2.24, 2.45) is 5.16 Å². The molecule has 4 rings (SSSR count). The molecule has 10 heteroatoms. The van der Waals surface area contributed by atoms with Crippen LogP contribution in [-0.4, -0.2) is 49.6 Å². The highest BCUT2D eigenvalue weighted by Gasteiger charge is 2.44. The second kappa shape index (κ2) is 8.13. The van der Waals surface area contributed by atoms with Gasteiger partial charge in [-0.1, -0.05) is 5.16 Å². The van der Waals surface area contributed by atoms with Crippen molar-refractivity contribution in [2.45, 2.75) is 12.0 Å². The number of fused-ring (bicyclic) bond motifs is 1. The molecule has 2 aliphatic heterocycles. The van der Waals surface area contributed by atoms with Crippen molar-refractivity contribution in [2.75, 3.05) is 32.1 Å². The Labute approximate surface area is 170 Å². The molecule has 2 aromatic rings. The van der Waals surface area contributed by atoms with Crippen LogP contribution in [0.5, 0.6) is 5.75 Å². The number of benzene rings is 2. The molecule has 30 heavy (non-hydrogen) atoms. The molecule has 158 valence electrons. The van der Waals surface area contributed by atoms with Crippen molar-refractivity contribution >= 4 is 17.6 Å². The third kappa shape index (κ3) is 3.85. The smallest absolute Gasteiger partial charge is 0.319 e. The molecule has 2 heterocycles. The van der Waals surface area contributed by atoms with Crippen LogP contribution in [0.25, 0.3) is 0 Å². The fourth-order valence-corrected chi connectivity index (χ4v) is 3.69. The first-order valence-electron chi connectivity index (χ1n) is 9.27. The highest BCUT2D eigenvalue weighted by atomic mass is 19.1. The molecule has 0 spiro atoms. The third-order valence-electron chi connectivity index (χ3n) is 5.08. The van der Waals surface area contributed by atoms with E-state index in [0.717, 1.165) is 12.1 Å². The van der Waals surface area contributed by atoms with E-state index in [0.29, 0.717) is 24.7 Å². The summed E-state index contributed by atoms with van der Waals surface area (Å²) in [5.74, 6) is -2.28. The number of ether oxygens (including phenoxy) is 1. The number of methoxy groups -OCH3 is 1. The fourth-order valence-electron chi connectivity index (χ4n) is 3.69. The first-order valence-corrected chi connectivity index (χ1v) is 9.27. The average Bonchev–Trinajstić information content (AvgIpc) is 3.07. The number of amidine groups is 1. The zero-order chi connectivity index (χ0) is 21.3. The maximum Gasteiger partial charge on any atom is 0.319 e. The Morgan fingerprint density at radius 1 is 1.20 bits per heavy atom. The first-order chi connectivity index (χ1) is 14.5. The van der Waals surface area contributed by atoms with E-state index in [2.05, 4.69) is 15.8 Å². The van der Waals surface area contributed by atoms with Gasteiger partial charge in [0.15, 0.2) is 5.84 Å². The number of carbonyl (C=O) groups excluding carboxylic acids is 1.